The van der Waals surface area contributed by atoms with Crippen LogP contribution in [0.4, 0.5) is 14.5 Å². The molecule has 0 radical (unpaired) electrons. The Labute approximate surface area is 114 Å². The maximum absolute atomic E-state index is 13.6. The first-order chi connectivity index (χ1) is 9.56. The van der Waals surface area contributed by atoms with Crippen LogP contribution in [0.15, 0.2) is 36.4 Å². The van der Waals surface area contributed by atoms with Crippen molar-refractivity contribution in [1.82, 2.24) is 4.90 Å². The lowest BCUT2D eigenvalue weighted by Gasteiger charge is -2.16. The maximum Gasteiger partial charge on any atom is 0.260 e. The van der Waals surface area contributed by atoms with Crippen molar-refractivity contribution in [1.29, 1.82) is 0 Å². The topological polar surface area (TPSA) is 46.3 Å². The van der Waals surface area contributed by atoms with Crippen molar-refractivity contribution in [2.75, 3.05) is 5.73 Å². The van der Waals surface area contributed by atoms with E-state index in [4.69, 9.17) is 5.73 Å². The molecular formula is C15H12F2N2O. The summed E-state index contributed by atoms with van der Waals surface area (Å²) in [5.41, 5.74) is 7.65. The van der Waals surface area contributed by atoms with Crippen molar-refractivity contribution >= 4 is 11.6 Å². The molecule has 20 heavy (non-hydrogen) atoms. The Bertz CT molecular complexity index is 680. The second-order valence-corrected chi connectivity index (χ2v) is 4.79. The number of hydrogen-bond acceptors (Lipinski definition) is 2. The number of carbonyl (C=O) groups is 1. The normalized spacial score (nSPS) is 13.4. The molecule has 0 aliphatic carbocycles. The maximum atomic E-state index is 13.6. The molecule has 102 valence electrons. The zero-order valence-electron chi connectivity index (χ0n) is 10.6. The first-order valence-corrected chi connectivity index (χ1v) is 6.17. The van der Waals surface area contributed by atoms with E-state index >= 15 is 0 Å². The van der Waals surface area contributed by atoms with Gasteiger partial charge in [0.1, 0.15) is 17.2 Å². The molecule has 0 saturated carbocycles. The van der Waals surface area contributed by atoms with E-state index in [1.807, 2.05) is 6.07 Å². The third-order valence-corrected chi connectivity index (χ3v) is 3.42. The monoisotopic (exact) mass is 274 g/mol. The van der Waals surface area contributed by atoms with E-state index in [1.165, 1.54) is 11.0 Å². The number of amides is 1. The Hall–Kier alpha value is -2.43. The van der Waals surface area contributed by atoms with Crippen LogP contribution in [-0.2, 0) is 13.1 Å². The number of nitrogens with two attached hydrogens (primary N) is 1. The van der Waals surface area contributed by atoms with Crippen molar-refractivity contribution in [3.63, 3.8) is 0 Å². The molecular weight excluding hydrogens is 262 g/mol. The van der Waals surface area contributed by atoms with E-state index < -0.39 is 23.1 Å². The highest BCUT2D eigenvalue weighted by atomic mass is 19.1. The van der Waals surface area contributed by atoms with Crippen LogP contribution in [-0.4, -0.2) is 10.8 Å². The minimum Gasteiger partial charge on any atom is -0.399 e. The third-order valence-electron chi connectivity index (χ3n) is 3.42. The van der Waals surface area contributed by atoms with Crippen LogP contribution in [0.5, 0.6) is 0 Å². The number of carbonyl (C=O) groups excluding carboxylic acids is 1. The van der Waals surface area contributed by atoms with Gasteiger partial charge in [0.25, 0.3) is 5.91 Å². The zero-order valence-corrected chi connectivity index (χ0v) is 10.6. The fraction of sp³-hybridized carbons (Fsp3) is 0.133. The van der Waals surface area contributed by atoms with Crippen molar-refractivity contribution < 1.29 is 13.6 Å². The van der Waals surface area contributed by atoms with E-state index in [0.717, 1.165) is 23.3 Å². The molecule has 3 nitrogen and oxygen atoms in total. The van der Waals surface area contributed by atoms with Gasteiger partial charge in [-0.15, -0.1) is 0 Å². The minimum absolute atomic E-state index is 0.312. The van der Waals surface area contributed by atoms with E-state index in [2.05, 4.69) is 0 Å². The van der Waals surface area contributed by atoms with E-state index in [9.17, 15) is 13.6 Å². The largest absolute Gasteiger partial charge is 0.399 e. The van der Waals surface area contributed by atoms with Gasteiger partial charge in [0.05, 0.1) is 0 Å². The zero-order chi connectivity index (χ0) is 14.3. The minimum atomic E-state index is -0.842. The number of hydrogen-bond donors (Lipinski definition) is 1. The average Bonchev–Trinajstić information content (AvgIpc) is 2.81. The highest BCUT2D eigenvalue weighted by Crippen LogP contribution is 2.27. The van der Waals surface area contributed by atoms with Gasteiger partial charge >= 0.3 is 0 Å². The fourth-order valence-corrected chi connectivity index (χ4v) is 2.42. The molecule has 2 N–H and O–H groups in total. The number of benzene rings is 2. The van der Waals surface area contributed by atoms with Gasteiger partial charge in [0, 0.05) is 18.8 Å². The van der Waals surface area contributed by atoms with E-state index in [0.29, 0.717) is 18.8 Å². The summed E-state index contributed by atoms with van der Waals surface area (Å²) in [5.74, 6) is -2.33. The summed E-state index contributed by atoms with van der Waals surface area (Å²) in [7, 11) is 0. The lowest BCUT2D eigenvalue weighted by atomic mass is 10.1. The molecule has 3 rings (SSSR count). The summed E-state index contributed by atoms with van der Waals surface area (Å²) < 4.78 is 27.3. The van der Waals surface area contributed by atoms with Crippen LogP contribution < -0.4 is 5.73 Å². The van der Waals surface area contributed by atoms with Gasteiger partial charge in [-0.05, 0) is 35.4 Å². The van der Waals surface area contributed by atoms with Gasteiger partial charge in [0.2, 0.25) is 0 Å². The van der Waals surface area contributed by atoms with Crippen LogP contribution in [0.25, 0.3) is 0 Å². The van der Waals surface area contributed by atoms with Crippen molar-refractivity contribution in [2.24, 2.45) is 0 Å². The number of fused-ring (bicyclic) bond motifs is 1. The lowest BCUT2D eigenvalue weighted by molar-refractivity contribution is 0.0741. The van der Waals surface area contributed by atoms with Gasteiger partial charge < -0.3 is 10.6 Å². The Morgan fingerprint density at radius 3 is 2.40 bits per heavy atom. The predicted molar refractivity (Wildman–Crippen MR) is 70.8 cm³/mol. The van der Waals surface area contributed by atoms with Crippen LogP contribution >= 0.6 is 0 Å². The highest BCUT2D eigenvalue weighted by molar-refractivity contribution is 5.95. The molecule has 1 heterocycles. The van der Waals surface area contributed by atoms with Crippen molar-refractivity contribution in [3.05, 3.63) is 64.7 Å². The standard InChI is InChI=1S/C15H12F2N2O/c16-12-2-1-3-13(17)14(12)15(20)19-7-9-4-5-11(18)6-10(9)8-19/h1-6H,7-8,18H2. The number of halogens is 2. The summed E-state index contributed by atoms with van der Waals surface area (Å²) in [6.45, 7) is 0.648. The first-order valence-electron chi connectivity index (χ1n) is 6.17. The highest BCUT2D eigenvalue weighted by Gasteiger charge is 2.28. The SMILES string of the molecule is Nc1ccc2c(c1)CN(C(=O)c1c(F)cccc1F)C2. The molecule has 1 aliphatic rings. The van der Waals surface area contributed by atoms with Gasteiger partial charge in [-0.3, -0.25) is 4.79 Å². The smallest absolute Gasteiger partial charge is 0.260 e. The third kappa shape index (κ3) is 2.01. The van der Waals surface area contributed by atoms with E-state index in [-0.39, 0.29) is 0 Å². The molecule has 0 spiro atoms. The molecule has 1 amide bonds. The molecule has 0 atom stereocenters. The molecule has 0 unspecified atom stereocenters. The number of nitrogen functional groups attached to an aromatic ring is 1. The Morgan fingerprint density at radius 2 is 1.70 bits per heavy atom. The second-order valence-electron chi connectivity index (χ2n) is 4.79. The van der Waals surface area contributed by atoms with Crippen LogP contribution in [0, 0.1) is 11.6 Å². The molecule has 2 aromatic carbocycles. The molecule has 0 aromatic heterocycles. The lowest BCUT2D eigenvalue weighted by Crippen LogP contribution is -2.27. The Balaban J connectivity index is 1.91. The Kier molecular flexibility index (Phi) is 2.89. The Morgan fingerprint density at radius 1 is 1.05 bits per heavy atom. The molecule has 5 heteroatoms. The average molecular weight is 274 g/mol. The summed E-state index contributed by atoms with van der Waals surface area (Å²) >= 11 is 0. The van der Waals surface area contributed by atoms with Crippen LogP contribution in [0.1, 0.15) is 21.5 Å². The summed E-state index contributed by atoms with van der Waals surface area (Å²) in [6.07, 6.45) is 0. The number of rotatable bonds is 1. The van der Waals surface area contributed by atoms with Crippen molar-refractivity contribution in [2.45, 2.75) is 13.1 Å². The quantitative estimate of drug-likeness (QED) is 0.813. The van der Waals surface area contributed by atoms with Crippen LogP contribution in [0.3, 0.4) is 0 Å². The molecule has 2 aromatic rings. The molecule has 1 aliphatic heterocycles. The van der Waals surface area contributed by atoms with Gasteiger partial charge in [-0.1, -0.05) is 12.1 Å². The number of nitrogens with zero attached hydrogens (tertiary/aromatic N) is 1. The molecule has 0 fully saturated rings. The predicted octanol–water partition coefficient (Wildman–Crippen LogP) is 2.70. The summed E-state index contributed by atoms with van der Waals surface area (Å²) in [4.78, 5) is 13.7. The fourth-order valence-electron chi connectivity index (χ4n) is 2.42. The van der Waals surface area contributed by atoms with Gasteiger partial charge in [-0.2, -0.15) is 0 Å². The number of anilines is 1. The van der Waals surface area contributed by atoms with Crippen molar-refractivity contribution in [3.8, 4) is 0 Å². The molecule has 0 bridgehead atoms. The second kappa shape index (κ2) is 4.59. The molecule has 0 saturated heterocycles. The van der Waals surface area contributed by atoms with Gasteiger partial charge in [-0.25, -0.2) is 8.78 Å². The summed E-state index contributed by atoms with van der Waals surface area (Å²) in [6, 6.07) is 8.75. The van der Waals surface area contributed by atoms with E-state index in [1.54, 1.807) is 12.1 Å². The van der Waals surface area contributed by atoms with Crippen LogP contribution in [0.2, 0.25) is 0 Å². The summed E-state index contributed by atoms with van der Waals surface area (Å²) in [5, 5.41) is 0. The van der Waals surface area contributed by atoms with Gasteiger partial charge in [0.15, 0.2) is 0 Å². The first kappa shape index (κ1) is 12.6.